The van der Waals surface area contributed by atoms with Gasteiger partial charge in [0, 0.05) is 59.4 Å². The Morgan fingerprint density at radius 3 is 2.41 bits per heavy atom. The predicted molar refractivity (Wildman–Crippen MR) is 107 cm³/mol. The van der Waals surface area contributed by atoms with E-state index in [1.807, 2.05) is 4.90 Å². The molecule has 0 aromatic carbocycles. The molecule has 3 rings (SSSR count). The molecule has 3 heterocycles. The van der Waals surface area contributed by atoms with E-state index in [4.69, 9.17) is 9.47 Å². The van der Waals surface area contributed by atoms with Crippen molar-refractivity contribution in [2.75, 3.05) is 66.1 Å². The Labute approximate surface area is 165 Å². The molecule has 1 amide bonds. The number of hydrogen-bond acceptors (Lipinski definition) is 5. The first-order valence-corrected chi connectivity index (χ1v) is 11.0. The minimum absolute atomic E-state index is 0.225. The van der Waals surface area contributed by atoms with E-state index in [0.717, 1.165) is 58.2 Å². The molecule has 27 heavy (non-hydrogen) atoms. The lowest BCUT2D eigenvalue weighted by Gasteiger charge is -2.42. The summed E-state index contributed by atoms with van der Waals surface area (Å²) in [4.78, 5) is 18.9. The quantitative estimate of drug-likeness (QED) is 0.642. The van der Waals surface area contributed by atoms with Crippen LogP contribution in [0.5, 0.6) is 0 Å². The Balaban J connectivity index is 1.50. The molecule has 0 aliphatic carbocycles. The lowest BCUT2D eigenvalue weighted by Crippen LogP contribution is -2.50. The summed E-state index contributed by atoms with van der Waals surface area (Å²) >= 11 is 0. The van der Waals surface area contributed by atoms with E-state index in [9.17, 15) is 4.79 Å². The van der Waals surface area contributed by atoms with E-state index in [1.54, 1.807) is 14.0 Å². The maximum atomic E-state index is 11.7. The van der Waals surface area contributed by atoms with Crippen molar-refractivity contribution in [1.82, 2.24) is 14.7 Å². The smallest absolute Gasteiger partial charge is 0.219 e. The lowest BCUT2D eigenvalue weighted by molar-refractivity contribution is -0.130. The number of amides is 1. The number of hydrogen-bond donors (Lipinski definition) is 0. The largest absolute Gasteiger partial charge is 0.383 e. The zero-order valence-electron chi connectivity index (χ0n) is 17.4. The molecule has 0 aromatic heterocycles. The highest BCUT2D eigenvalue weighted by atomic mass is 16.5. The first kappa shape index (κ1) is 21.0. The summed E-state index contributed by atoms with van der Waals surface area (Å²) < 4.78 is 11.2. The Bertz CT molecular complexity index is 440. The van der Waals surface area contributed by atoms with Crippen LogP contribution in [0.25, 0.3) is 0 Å². The number of rotatable bonds is 8. The minimum Gasteiger partial charge on any atom is -0.383 e. The molecule has 0 N–H and O–H groups in total. The highest BCUT2D eigenvalue weighted by Crippen LogP contribution is 2.25. The molecule has 6 heteroatoms. The number of nitrogens with zero attached hydrogens (tertiary/aromatic N) is 3. The molecular weight excluding hydrogens is 342 g/mol. The molecule has 0 radical (unpaired) electrons. The molecule has 3 fully saturated rings. The Hall–Kier alpha value is -0.690. The zero-order valence-corrected chi connectivity index (χ0v) is 17.4. The Morgan fingerprint density at radius 2 is 1.81 bits per heavy atom. The van der Waals surface area contributed by atoms with Gasteiger partial charge in [0.2, 0.25) is 5.91 Å². The number of carbonyl (C=O) groups is 1. The van der Waals surface area contributed by atoms with Gasteiger partial charge in [-0.15, -0.1) is 0 Å². The summed E-state index contributed by atoms with van der Waals surface area (Å²) in [5.74, 6) is 1.01. The second kappa shape index (κ2) is 10.7. The van der Waals surface area contributed by atoms with Crippen molar-refractivity contribution >= 4 is 5.91 Å². The van der Waals surface area contributed by atoms with Gasteiger partial charge in [-0.1, -0.05) is 0 Å². The molecule has 0 bridgehead atoms. The number of ether oxygens (including phenoxy) is 2. The van der Waals surface area contributed by atoms with Gasteiger partial charge in [-0.2, -0.15) is 0 Å². The maximum absolute atomic E-state index is 11.7. The van der Waals surface area contributed by atoms with Gasteiger partial charge in [-0.25, -0.2) is 0 Å². The molecule has 3 aliphatic heterocycles. The molecule has 3 aliphatic rings. The van der Waals surface area contributed by atoms with Gasteiger partial charge < -0.3 is 19.3 Å². The van der Waals surface area contributed by atoms with Crippen LogP contribution in [0.1, 0.15) is 45.4 Å². The fourth-order valence-corrected chi connectivity index (χ4v) is 4.91. The van der Waals surface area contributed by atoms with Crippen LogP contribution in [0.2, 0.25) is 0 Å². The molecule has 1 atom stereocenters. The van der Waals surface area contributed by atoms with Crippen molar-refractivity contribution in [1.29, 1.82) is 0 Å². The number of carbonyl (C=O) groups excluding carboxylic acids is 1. The first-order valence-electron chi connectivity index (χ1n) is 11.0. The van der Waals surface area contributed by atoms with E-state index < -0.39 is 0 Å². The standard InChI is InChI=1S/C21H39N3O3/c1-18(25)23-11-7-20(8-12-23)24(17-21-4-3-14-27-21)16-19-5-9-22(10-6-19)13-15-26-2/h19-21H,3-17H2,1-2H3/t21-/m1/s1. The van der Waals surface area contributed by atoms with Crippen LogP contribution in [0, 0.1) is 5.92 Å². The minimum atomic E-state index is 0.225. The van der Waals surface area contributed by atoms with Crippen molar-refractivity contribution < 1.29 is 14.3 Å². The summed E-state index contributed by atoms with van der Waals surface area (Å²) in [6.07, 6.45) is 7.63. The third-order valence-corrected chi connectivity index (χ3v) is 6.70. The molecule has 0 unspecified atom stereocenters. The summed E-state index contributed by atoms with van der Waals surface area (Å²) in [5, 5.41) is 0. The van der Waals surface area contributed by atoms with Gasteiger partial charge >= 0.3 is 0 Å². The fraction of sp³-hybridized carbons (Fsp3) is 0.952. The summed E-state index contributed by atoms with van der Waals surface area (Å²) in [6, 6.07) is 0.608. The average molecular weight is 382 g/mol. The van der Waals surface area contributed by atoms with Crippen molar-refractivity contribution in [3.8, 4) is 0 Å². The van der Waals surface area contributed by atoms with Crippen molar-refractivity contribution in [2.45, 2.75) is 57.6 Å². The van der Waals surface area contributed by atoms with Crippen molar-refractivity contribution in [3.05, 3.63) is 0 Å². The van der Waals surface area contributed by atoms with Crippen LogP contribution in [-0.4, -0.2) is 98.9 Å². The SMILES string of the molecule is COCCN1CCC(CN(C[C@H]2CCCO2)C2CCN(C(C)=O)CC2)CC1. The monoisotopic (exact) mass is 381 g/mol. The van der Waals surface area contributed by atoms with Gasteiger partial charge in [0.25, 0.3) is 0 Å². The lowest BCUT2D eigenvalue weighted by atomic mass is 9.93. The van der Waals surface area contributed by atoms with E-state index in [2.05, 4.69) is 9.80 Å². The number of likely N-dealkylation sites (tertiary alicyclic amines) is 2. The third-order valence-electron chi connectivity index (χ3n) is 6.70. The third kappa shape index (κ3) is 6.41. The van der Waals surface area contributed by atoms with Gasteiger partial charge in [0.05, 0.1) is 12.7 Å². The van der Waals surface area contributed by atoms with Crippen LogP contribution in [0.3, 0.4) is 0 Å². The normalized spacial score (nSPS) is 26.2. The van der Waals surface area contributed by atoms with Crippen molar-refractivity contribution in [3.63, 3.8) is 0 Å². The van der Waals surface area contributed by atoms with Gasteiger partial charge in [-0.05, 0) is 57.5 Å². The molecule has 0 spiro atoms. The van der Waals surface area contributed by atoms with Crippen LogP contribution in [0.15, 0.2) is 0 Å². The topological polar surface area (TPSA) is 45.2 Å². The number of methoxy groups -OCH3 is 1. The molecule has 0 saturated carbocycles. The average Bonchev–Trinajstić information content (AvgIpc) is 3.20. The van der Waals surface area contributed by atoms with Crippen LogP contribution in [-0.2, 0) is 14.3 Å². The van der Waals surface area contributed by atoms with E-state index in [-0.39, 0.29) is 5.91 Å². The van der Waals surface area contributed by atoms with Crippen LogP contribution < -0.4 is 0 Å². The van der Waals surface area contributed by atoms with Crippen molar-refractivity contribution in [2.24, 2.45) is 5.92 Å². The van der Waals surface area contributed by atoms with Gasteiger partial charge in [0.1, 0.15) is 0 Å². The molecular formula is C21H39N3O3. The second-order valence-electron chi connectivity index (χ2n) is 8.60. The van der Waals surface area contributed by atoms with E-state index in [1.165, 1.54) is 45.3 Å². The highest BCUT2D eigenvalue weighted by Gasteiger charge is 2.31. The second-order valence-corrected chi connectivity index (χ2v) is 8.60. The Morgan fingerprint density at radius 1 is 1.07 bits per heavy atom. The summed E-state index contributed by atoms with van der Waals surface area (Å²) in [6.45, 7) is 11.0. The van der Waals surface area contributed by atoms with Gasteiger partial charge in [-0.3, -0.25) is 9.69 Å². The molecule has 6 nitrogen and oxygen atoms in total. The number of piperidine rings is 2. The molecule has 3 saturated heterocycles. The van der Waals surface area contributed by atoms with E-state index in [0.29, 0.717) is 12.1 Å². The van der Waals surface area contributed by atoms with Crippen LogP contribution in [0.4, 0.5) is 0 Å². The summed E-state index contributed by atoms with van der Waals surface area (Å²) in [7, 11) is 1.78. The zero-order chi connectivity index (χ0) is 19.1. The highest BCUT2D eigenvalue weighted by molar-refractivity contribution is 5.73. The molecule has 0 aromatic rings. The van der Waals surface area contributed by atoms with Crippen LogP contribution >= 0.6 is 0 Å². The first-order chi connectivity index (χ1) is 13.2. The van der Waals surface area contributed by atoms with E-state index >= 15 is 0 Å². The predicted octanol–water partition coefficient (Wildman–Crippen LogP) is 1.84. The molecule has 156 valence electrons. The fourth-order valence-electron chi connectivity index (χ4n) is 4.91. The van der Waals surface area contributed by atoms with Gasteiger partial charge in [0.15, 0.2) is 0 Å². The maximum Gasteiger partial charge on any atom is 0.219 e. The Kier molecular flexibility index (Phi) is 8.37. The summed E-state index contributed by atoms with van der Waals surface area (Å²) in [5.41, 5.74) is 0.